The number of carbonyl (C=O) groups is 3. The van der Waals surface area contributed by atoms with E-state index in [1.165, 1.54) is 25.7 Å². The van der Waals surface area contributed by atoms with Crippen LogP contribution >= 0.6 is 11.8 Å². The van der Waals surface area contributed by atoms with Crippen LogP contribution < -0.4 is 16.0 Å². The van der Waals surface area contributed by atoms with Crippen LogP contribution in [0.1, 0.15) is 89.9 Å². The maximum absolute atomic E-state index is 11.9. The van der Waals surface area contributed by atoms with Crippen molar-refractivity contribution in [2.75, 3.05) is 12.3 Å². The van der Waals surface area contributed by atoms with Crippen LogP contribution in [-0.4, -0.2) is 52.6 Å². The van der Waals surface area contributed by atoms with E-state index in [0.29, 0.717) is 18.1 Å². The molecule has 3 amide bonds. The third kappa shape index (κ3) is 10.0. The maximum Gasteiger partial charge on any atom is 0.315 e. The van der Waals surface area contributed by atoms with Crippen LogP contribution in [0.2, 0.25) is 0 Å². The Morgan fingerprint density at radius 1 is 0.900 bits per heavy atom. The number of carboxylic acids is 1. The summed E-state index contributed by atoms with van der Waals surface area (Å²) in [6.45, 7) is 0.772. The summed E-state index contributed by atoms with van der Waals surface area (Å²) in [4.78, 5) is 33.8. The van der Waals surface area contributed by atoms with Crippen LogP contribution in [0.15, 0.2) is 0 Å². The average molecular weight is 442 g/mol. The van der Waals surface area contributed by atoms with Gasteiger partial charge in [-0.25, -0.2) is 4.79 Å². The Bertz CT molecular complexity index is 546. The molecule has 7 nitrogen and oxygen atoms in total. The van der Waals surface area contributed by atoms with Gasteiger partial charge < -0.3 is 21.1 Å². The van der Waals surface area contributed by atoms with Gasteiger partial charge in [0.2, 0.25) is 5.91 Å². The van der Waals surface area contributed by atoms with Crippen molar-refractivity contribution in [1.29, 1.82) is 0 Å². The summed E-state index contributed by atoms with van der Waals surface area (Å²) < 4.78 is 0. The predicted molar refractivity (Wildman–Crippen MR) is 121 cm³/mol. The first-order chi connectivity index (χ1) is 14.6. The normalized spacial score (nSPS) is 22.4. The Labute approximate surface area is 184 Å². The van der Waals surface area contributed by atoms with E-state index in [0.717, 1.165) is 63.7 Å². The molecule has 2 heterocycles. The number of urea groups is 1. The zero-order valence-electron chi connectivity index (χ0n) is 18.1. The summed E-state index contributed by atoms with van der Waals surface area (Å²) in [7, 11) is 0. The number of rotatable bonds is 17. The Morgan fingerprint density at radius 2 is 1.53 bits per heavy atom. The van der Waals surface area contributed by atoms with E-state index in [1.807, 2.05) is 11.8 Å². The molecule has 0 bridgehead atoms. The van der Waals surface area contributed by atoms with Gasteiger partial charge in [0.05, 0.1) is 12.1 Å². The van der Waals surface area contributed by atoms with Crippen molar-refractivity contribution >= 4 is 29.7 Å². The summed E-state index contributed by atoms with van der Waals surface area (Å²) in [5.41, 5.74) is 0. The van der Waals surface area contributed by atoms with Gasteiger partial charge in [-0.2, -0.15) is 11.8 Å². The summed E-state index contributed by atoms with van der Waals surface area (Å²) in [5, 5.41) is 18.1. The highest BCUT2D eigenvalue weighted by atomic mass is 32.2. The van der Waals surface area contributed by atoms with Crippen LogP contribution in [0.3, 0.4) is 0 Å². The highest BCUT2D eigenvalue weighted by molar-refractivity contribution is 8.00. The smallest absolute Gasteiger partial charge is 0.315 e. The Kier molecular flexibility index (Phi) is 12.0. The van der Waals surface area contributed by atoms with Gasteiger partial charge >= 0.3 is 12.0 Å². The van der Waals surface area contributed by atoms with Crippen molar-refractivity contribution < 1.29 is 19.5 Å². The van der Waals surface area contributed by atoms with Crippen LogP contribution in [0.5, 0.6) is 0 Å². The van der Waals surface area contributed by atoms with Gasteiger partial charge in [-0.05, 0) is 25.7 Å². The largest absolute Gasteiger partial charge is 0.481 e. The summed E-state index contributed by atoms with van der Waals surface area (Å²) in [6.07, 6.45) is 13.9. The molecule has 4 N–H and O–H groups in total. The second-order valence-corrected chi connectivity index (χ2v) is 9.82. The molecular formula is C22H39N3O4S. The lowest BCUT2D eigenvalue weighted by molar-refractivity contribution is -0.137. The van der Waals surface area contributed by atoms with E-state index in [9.17, 15) is 14.4 Å². The molecule has 2 unspecified atom stereocenters. The molecule has 2 aliphatic rings. The first-order valence-corrected chi connectivity index (χ1v) is 12.8. The highest BCUT2D eigenvalue weighted by Crippen LogP contribution is 2.33. The molecule has 0 radical (unpaired) electrons. The fraction of sp³-hybridized carbons (Fsp3) is 0.864. The van der Waals surface area contributed by atoms with Gasteiger partial charge in [-0.3, -0.25) is 9.59 Å². The van der Waals surface area contributed by atoms with Gasteiger partial charge in [0.15, 0.2) is 0 Å². The lowest BCUT2D eigenvalue weighted by atomic mass is 10.0. The summed E-state index contributed by atoms with van der Waals surface area (Å²) >= 11 is 1.93. The molecule has 2 rings (SSSR count). The quantitative estimate of drug-likeness (QED) is 0.203. The van der Waals surface area contributed by atoms with Gasteiger partial charge in [-0.15, -0.1) is 0 Å². The van der Waals surface area contributed by atoms with Crippen molar-refractivity contribution in [1.82, 2.24) is 16.0 Å². The third-order valence-corrected chi connectivity index (χ3v) is 7.48. The Hall–Kier alpha value is -1.44. The molecule has 172 valence electrons. The van der Waals surface area contributed by atoms with Crippen molar-refractivity contribution in [3.63, 3.8) is 0 Å². The number of fused-ring (bicyclic) bond motifs is 1. The van der Waals surface area contributed by atoms with Gasteiger partial charge in [0.1, 0.15) is 0 Å². The minimum atomic E-state index is -0.693. The number of hydrogen-bond acceptors (Lipinski definition) is 4. The molecule has 30 heavy (non-hydrogen) atoms. The topological polar surface area (TPSA) is 108 Å². The molecule has 0 saturated carbocycles. The number of carboxylic acid groups (broad SMARTS) is 1. The highest BCUT2D eigenvalue weighted by Gasteiger charge is 2.42. The van der Waals surface area contributed by atoms with Gasteiger partial charge in [-0.1, -0.05) is 51.4 Å². The first kappa shape index (κ1) is 24.8. The van der Waals surface area contributed by atoms with E-state index in [4.69, 9.17) is 5.11 Å². The zero-order chi connectivity index (χ0) is 21.6. The van der Waals surface area contributed by atoms with Crippen LogP contribution in [0.25, 0.3) is 0 Å². The third-order valence-electron chi connectivity index (χ3n) is 5.97. The fourth-order valence-corrected chi connectivity index (χ4v) is 5.77. The van der Waals surface area contributed by atoms with Crippen LogP contribution in [-0.2, 0) is 9.59 Å². The number of aliphatic carboxylic acids is 1. The second-order valence-electron chi connectivity index (χ2n) is 8.54. The van der Waals surface area contributed by atoms with Gasteiger partial charge in [0.25, 0.3) is 0 Å². The monoisotopic (exact) mass is 441 g/mol. The number of unbranched alkanes of at least 4 members (excludes halogenated alkanes) is 9. The molecule has 2 saturated heterocycles. The maximum atomic E-state index is 11.9. The fourth-order valence-electron chi connectivity index (χ4n) is 4.23. The summed E-state index contributed by atoms with van der Waals surface area (Å²) in [5.74, 6) is 0.451. The predicted octanol–water partition coefficient (Wildman–Crippen LogP) is 3.81. The van der Waals surface area contributed by atoms with E-state index < -0.39 is 5.97 Å². The van der Waals surface area contributed by atoms with E-state index in [2.05, 4.69) is 16.0 Å². The van der Waals surface area contributed by atoms with Crippen molar-refractivity contribution in [2.24, 2.45) is 0 Å². The SMILES string of the molecule is O=C(O)CCCCCCCCCCCNC(=O)CCCC[C@@H]1SCC2NC(=O)NC21. The second kappa shape index (κ2) is 14.5. The lowest BCUT2D eigenvalue weighted by Gasteiger charge is -2.16. The molecule has 0 aromatic rings. The Morgan fingerprint density at radius 3 is 2.23 bits per heavy atom. The average Bonchev–Trinajstić information content (AvgIpc) is 3.25. The lowest BCUT2D eigenvalue weighted by Crippen LogP contribution is -2.36. The number of nitrogens with one attached hydrogen (secondary N) is 3. The minimum absolute atomic E-state index is 0.0392. The number of amides is 3. The molecule has 0 aromatic carbocycles. The number of carbonyl (C=O) groups excluding carboxylic acids is 2. The molecule has 2 fully saturated rings. The van der Waals surface area contributed by atoms with Crippen LogP contribution in [0, 0.1) is 0 Å². The Balaban J connectivity index is 1.32. The van der Waals surface area contributed by atoms with E-state index in [-0.39, 0.29) is 24.0 Å². The first-order valence-electron chi connectivity index (χ1n) is 11.7. The van der Waals surface area contributed by atoms with Crippen molar-refractivity contribution in [3.05, 3.63) is 0 Å². The molecule has 0 spiro atoms. The summed E-state index contributed by atoms with van der Waals surface area (Å²) in [6, 6.07) is 0.496. The molecule has 2 aliphatic heterocycles. The standard InChI is InChI=1S/C22H39N3O4S/c26-19(13-10-9-12-18-21-17(16-30-18)24-22(29)25-21)23-15-11-7-5-3-1-2-4-6-8-14-20(27)28/h17-18,21H,1-16H2,(H,23,26)(H,27,28)(H2,24,25,29)/t17?,18-,21?/m0/s1. The number of hydrogen-bond donors (Lipinski definition) is 4. The minimum Gasteiger partial charge on any atom is -0.481 e. The van der Waals surface area contributed by atoms with Crippen molar-refractivity contribution in [3.8, 4) is 0 Å². The number of thioether (sulfide) groups is 1. The molecule has 3 atom stereocenters. The van der Waals surface area contributed by atoms with Gasteiger partial charge in [0, 0.05) is 30.4 Å². The zero-order valence-corrected chi connectivity index (χ0v) is 18.9. The molecule has 8 heteroatoms. The van der Waals surface area contributed by atoms with E-state index in [1.54, 1.807) is 0 Å². The molecule has 0 aliphatic carbocycles. The molecular weight excluding hydrogens is 402 g/mol. The molecule has 0 aromatic heterocycles. The van der Waals surface area contributed by atoms with E-state index >= 15 is 0 Å². The van der Waals surface area contributed by atoms with Crippen LogP contribution in [0.4, 0.5) is 4.79 Å². The van der Waals surface area contributed by atoms with Crippen molar-refractivity contribution in [2.45, 2.75) is 107 Å².